The quantitative estimate of drug-likeness (QED) is 0.916. The summed E-state index contributed by atoms with van der Waals surface area (Å²) < 4.78 is 8.87. The summed E-state index contributed by atoms with van der Waals surface area (Å²) in [7, 11) is 3.87. The van der Waals surface area contributed by atoms with Crippen molar-refractivity contribution in [2.45, 2.75) is 18.8 Å². The van der Waals surface area contributed by atoms with Crippen molar-refractivity contribution in [2.24, 2.45) is 7.05 Å². The van der Waals surface area contributed by atoms with Gasteiger partial charge in [-0.1, -0.05) is 0 Å². The van der Waals surface area contributed by atoms with E-state index in [9.17, 15) is 0 Å². The Balaban J connectivity index is 2.13. The molecule has 0 amide bonds. The van der Waals surface area contributed by atoms with Crippen LogP contribution in [0.25, 0.3) is 10.9 Å². The lowest BCUT2D eigenvalue weighted by molar-refractivity contribution is 0.415. The number of nitrogens with one attached hydrogen (secondary N) is 1. The number of piperidine rings is 1. The topological polar surface area (TPSA) is 26.2 Å². The van der Waals surface area contributed by atoms with Gasteiger partial charge in [0.25, 0.3) is 0 Å². The maximum Gasteiger partial charge on any atom is 0.119 e. The largest absolute Gasteiger partial charge is 0.497 e. The molecule has 2 heterocycles. The average Bonchev–Trinajstić information content (AvgIpc) is 2.71. The van der Waals surface area contributed by atoms with Crippen LogP contribution in [0.3, 0.4) is 0 Å². The number of hydrogen-bond acceptors (Lipinski definition) is 2. The lowest BCUT2D eigenvalue weighted by Crippen LogP contribution is -2.29. The highest BCUT2D eigenvalue weighted by Crippen LogP contribution is 2.38. The molecule has 19 heavy (non-hydrogen) atoms. The smallest absolute Gasteiger partial charge is 0.119 e. The first-order chi connectivity index (χ1) is 9.22. The summed E-state index contributed by atoms with van der Waals surface area (Å²) in [5, 5.41) is 4.73. The predicted molar refractivity (Wildman–Crippen MR) is 82.0 cm³/mol. The summed E-state index contributed by atoms with van der Waals surface area (Å²) in [6.45, 7) is 2.21. The van der Waals surface area contributed by atoms with Crippen LogP contribution in [0.4, 0.5) is 0 Å². The van der Waals surface area contributed by atoms with Crippen LogP contribution >= 0.6 is 15.9 Å². The van der Waals surface area contributed by atoms with Crippen molar-refractivity contribution < 1.29 is 4.74 Å². The SMILES string of the molecule is COc1ccc2c(c1)c(Br)c(C1CCCNC1)n2C. The third-order valence-electron chi connectivity index (χ3n) is 4.07. The molecule has 0 spiro atoms. The molecular formula is C15H19BrN2O. The Kier molecular flexibility index (Phi) is 3.54. The van der Waals surface area contributed by atoms with E-state index in [1.807, 2.05) is 6.07 Å². The summed E-state index contributed by atoms with van der Waals surface area (Å²) in [6, 6.07) is 6.27. The van der Waals surface area contributed by atoms with E-state index in [1.54, 1.807) is 7.11 Å². The van der Waals surface area contributed by atoms with E-state index < -0.39 is 0 Å². The number of hydrogen-bond donors (Lipinski definition) is 1. The van der Waals surface area contributed by atoms with E-state index in [0.717, 1.165) is 18.8 Å². The zero-order valence-electron chi connectivity index (χ0n) is 11.4. The fraction of sp³-hybridized carbons (Fsp3) is 0.467. The predicted octanol–water partition coefficient (Wildman–Crippen LogP) is 3.42. The first-order valence-electron chi connectivity index (χ1n) is 6.75. The molecule has 1 aliphatic rings. The maximum absolute atomic E-state index is 5.33. The number of aromatic nitrogens is 1. The van der Waals surface area contributed by atoms with Gasteiger partial charge in [0.05, 0.1) is 7.11 Å². The number of nitrogens with zero attached hydrogens (tertiary/aromatic N) is 1. The first kappa shape index (κ1) is 13.0. The Morgan fingerprint density at radius 3 is 2.95 bits per heavy atom. The van der Waals surface area contributed by atoms with Gasteiger partial charge in [-0.2, -0.15) is 0 Å². The molecule has 3 nitrogen and oxygen atoms in total. The highest BCUT2D eigenvalue weighted by molar-refractivity contribution is 9.10. The van der Waals surface area contributed by atoms with Gasteiger partial charge in [0, 0.05) is 40.6 Å². The molecule has 1 aromatic heterocycles. The van der Waals surface area contributed by atoms with Gasteiger partial charge in [-0.05, 0) is 53.5 Å². The molecule has 1 atom stereocenters. The Labute approximate surface area is 122 Å². The fourth-order valence-corrected chi connectivity index (χ4v) is 3.97. The monoisotopic (exact) mass is 322 g/mol. The van der Waals surface area contributed by atoms with Crippen LogP contribution in [-0.2, 0) is 7.05 Å². The second kappa shape index (κ2) is 5.17. The van der Waals surface area contributed by atoms with E-state index in [0.29, 0.717) is 5.92 Å². The standard InChI is InChI=1S/C15H19BrN2O/c1-18-13-6-5-11(19-2)8-12(13)14(16)15(18)10-4-3-7-17-9-10/h5-6,8,10,17H,3-4,7,9H2,1-2H3. The molecule has 102 valence electrons. The second-order valence-corrected chi connectivity index (χ2v) is 5.98. The van der Waals surface area contributed by atoms with Crippen LogP contribution in [0.15, 0.2) is 22.7 Å². The molecule has 2 aromatic rings. The first-order valence-corrected chi connectivity index (χ1v) is 7.54. The molecule has 0 saturated carbocycles. The van der Waals surface area contributed by atoms with E-state index in [1.165, 1.54) is 33.9 Å². The molecule has 1 aromatic carbocycles. The van der Waals surface area contributed by atoms with E-state index >= 15 is 0 Å². The number of aryl methyl sites for hydroxylation is 1. The number of fused-ring (bicyclic) bond motifs is 1. The van der Waals surface area contributed by atoms with Crippen molar-refractivity contribution in [3.8, 4) is 5.75 Å². The van der Waals surface area contributed by atoms with Crippen molar-refractivity contribution in [3.05, 3.63) is 28.4 Å². The molecule has 1 aliphatic heterocycles. The lowest BCUT2D eigenvalue weighted by Gasteiger charge is -2.24. The number of ether oxygens (including phenoxy) is 1. The van der Waals surface area contributed by atoms with Gasteiger partial charge in [0.15, 0.2) is 0 Å². The molecule has 0 aliphatic carbocycles. The molecule has 4 heteroatoms. The van der Waals surface area contributed by atoms with E-state index in [2.05, 4.69) is 45.0 Å². The summed E-state index contributed by atoms with van der Waals surface area (Å²) >= 11 is 3.80. The zero-order valence-corrected chi connectivity index (χ0v) is 13.0. The number of benzene rings is 1. The molecule has 1 saturated heterocycles. The zero-order chi connectivity index (χ0) is 13.4. The van der Waals surface area contributed by atoms with E-state index in [4.69, 9.17) is 4.74 Å². The van der Waals surface area contributed by atoms with Crippen molar-refractivity contribution in [1.29, 1.82) is 0 Å². The minimum Gasteiger partial charge on any atom is -0.497 e. The highest BCUT2D eigenvalue weighted by atomic mass is 79.9. The van der Waals surface area contributed by atoms with Gasteiger partial charge >= 0.3 is 0 Å². The van der Waals surface area contributed by atoms with Crippen LogP contribution in [-0.4, -0.2) is 24.8 Å². The fourth-order valence-electron chi connectivity index (χ4n) is 3.06. The Morgan fingerprint density at radius 1 is 1.42 bits per heavy atom. The van der Waals surface area contributed by atoms with Gasteiger partial charge < -0.3 is 14.6 Å². The van der Waals surface area contributed by atoms with Gasteiger partial charge in [0.2, 0.25) is 0 Å². The average molecular weight is 323 g/mol. The van der Waals surface area contributed by atoms with Crippen LogP contribution in [0.1, 0.15) is 24.5 Å². The number of halogens is 1. The number of rotatable bonds is 2. The third-order valence-corrected chi connectivity index (χ3v) is 4.90. The van der Waals surface area contributed by atoms with Crippen LogP contribution in [0, 0.1) is 0 Å². The third kappa shape index (κ3) is 2.17. The molecule has 1 unspecified atom stereocenters. The summed E-state index contributed by atoms with van der Waals surface area (Å²) in [4.78, 5) is 0. The van der Waals surface area contributed by atoms with Crippen molar-refractivity contribution >= 4 is 26.8 Å². The minimum atomic E-state index is 0.589. The van der Waals surface area contributed by atoms with Gasteiger partial charge in [-0.25, -0.2) is 0 Å². The molecule has 1 N–H and O–H groups in total. The number of methoxy groups -OCH3 is 1. The van der Waals surface area contributed by atoms with Gasteiger partial charge in [0.1, 0.15) is 5.75 Å². The van der Waals surface area contributed by atoms with Crippen LogP contribution < -0.4 is 10.1 Å². The van der Waals surface area contributed by atoms with Crippen molar-refractivity contribution in [1.82, 2.24) is 9.88 Å². The van der Waals surface area contributed by atoms with Crippen molar-refractivity contribution in [3.63, 3.8) is 0 Å². The highest BCUT2D eigenvalue weighted by Gasteiger charge is 2.23. The van der Waals surface area contributed by atoms with E-state index in [-0.39, 0.29) is 0 Å². The normalized spacial score (nSPS) is 19.8. The lowest BCUT2D eigenvalue weighted by atomic mass is 9.96. The summed E-state index contributed by atoms with van der Waals surface area (Å²) in [5.41, 5.74) is 2.66. The maximum atomic E-state index is 5.33. The minimum absolute atomic E-state index is 0.589. The second-order valence-electron chi connectivity index (χ2n) is 5.18. The van der Waals surface area contributed by atoms with Gasteiger partial charge in [-0.15, -0.1) is 0 Å². The van der Waals surface area contributed by atoms with Crippen LogP contribution in [0.2, 0.25) is 0 Å². The molecule has 0 bridgehead atoms. The Bertz CT molecular complexity index is 600. The van der Waals surface area contributed by atoms with Crippen LogP contribution in [0.5, 0.6) is 5.75 Å². The van der Waals surface area contributed by atoms with Crippen molar-refractivity contribution in [2.75, 3.05) is 20.2 Å². The molecule has 1 fully saturated rings. The molecule has 0 radical (unpaired) electrons. The summed E-state index contributed by atoms with van der Waals surface area (Å²) in [5.74, 6) is 1.50. The molecular weight excluding hydrogens is 304 g/mol. The van der Waals surface area contributed by atoms with Gasteiger partial charge in [-0.3, -0.25) is 0 Å². The Hall–Kier alpha value is -1.00. The Morgan fingerprint density at radius 2 is 2.26 bits per heavy atom. The molecule has 3 rings (SSSR count). The summed E-state index contributed by atoms with van der Waals surface area (Å²) in [6.07, 6.45) is 2.51.